The second-order valence-electron chi connectivity index (χ2n) is 4.86. The van der Waals surface area contributed by atoms with E-state index in [1.807, 2.05) is 45.9 Å². The maximum Gasteiger partial charge on any atom is 0.316 e. The number of benzene rings is 1. The van der Waals surface area contributed by atoms with E-state index in [-0.39, 0.29) is 11.7 Å². The molecule has 0 aromatic heterocycles. The minimum absolute atomic E-state index is 0.219. The Kier molecular flexibility index (Phi) is 4.46. The van der Waals surface area contributed by atoms with Gasteiger partial charge in [-0.25, -0.2) is 0 Å². The van der Waals surface area contributed by atoms with E-state index in [0.29, 0.717) is 0 Å². The standard InChI is InChI=1S/C13H19NO2S/c1-9-6-5-7-10(12(9)14)17-8-11(15)16-13(2,3)4/h5-7H,8,14H2,1-4H3. The molecule has 0 bridgehead atoms. The van der Waals surface area contributed by atoms with Gasteiger partial charge in [0.2, 0.25) is 0 Å². The number of carbonyl (C=O) groups excluding carboxylic acids is 1. The Morgan fingerprint density at radius 2 is 2.06 bits per heavy atom. The molecule has 0 heterocycles. The van der Waals surface area contributed by atoms with Crippen LogP contribution in [0, 0.1) is 6.92 Å². The Labute approximate surface area is 107 Å². The van der Waals surface area contributed by atoms with Gasteiger partial charge in [-0.15, -0.1) is 11.8 Å². The van der Waals surface area contributed by atoms with Gasteiger partial charge in [-0.1, -0.05) is 12.1 Å². The molecule has 0 atom stereocenters. The highest BCUT2D eigenvalue weighted by Crippen LogP contribution is 2.27. The summed E-state index contributed by atoms with van der Waals surface area (Å²) in [5.74, 6) is 0.0636. The van der Waals surface area contributed by atoms with Gasteiger partial charge in [0.15, 0.2) is 0 Å². The van der Waals surface area contributed by atoms with Crippen LogP contribution in [0.5, 0.6) is 0 Å². The monoisotopic (exact) mass is 253 g/mol. The average Bonchev–Trinajstić information content (AvgIpc) is 2.18. The predicted octanol–water partition coefficient (Wildman–Crippen LogP) is 3.01. The third-order valence-electron chi connectivity index (χ3n) is 2.05. The Hall–Kier alpha value is -1.16. The normalized spacial score (nSPS) is 11.3. The summed E-state index contributed by atoms with van der Waals surface area (Å²) in [7, 11) is 0. The van der Waals surface area contributed by atoms with E-state index in [1.54, 1.807) is 0 Å². The minimum Gasteiger partial charge on any atom is -0.459 e. The van der Waals surface area contributed by atoms with Gasteiger partial charge in [0.1, 0.15) is 5.60 Å². The van der Waals surface area contributed by atoms with Crippen LogP contribution in [0.25, 0.3) is 0 Å². The molecule has 0 fully saturated rings. The lowest BCUT2D eigenvalue weighted by Crippen LogP contribution is -2.24. The third-order valence-corrected chi connectivity index (χ3v) is 3.10. The summed E-state index contributed by atoms with van der Waals surface area (Å²) < 4.78 is 5.23. The fraction of sp³-hybridized carbons (Fsp3) is 0.462. The zero-order chi connectivity index (χ0) is 13.1. The molecule has 1 aromatic rings. The highest BCUT2D eigenvalue weighted by molar-refractivity contribution is 8.00. The number of anilines is 1. The molecule has 3 nitrogen and oxygen atoms in total. The zero-order valence-corrected chi connectivity index (χ0v) is 11.6. The number of hydrogen-bond donors (Lipinski definition) is 1. The van der Waals surface area contributed by atoms with Gasteiger partial charge >= 0.3 is 5.97 Å². The van der Waals surface area contributed by atoms with E-state index in [2.05, 4.69) is 0 Å². The van der Waals surface area contributed by atoms with Crippen LogP contribution in [0.2, 0.25) is 0 Å². The lowest BCUT2D eigenvalue weighted by Gasteiger charge is -2.19. The number of nitrogen functional groups attached to an aromatic ring is 1. The number of hydrogen-bond acceptors (Lipinski definition) is 4. The van der Waals surface area contributed by atoms with Crippen molar-refractivity contribution < 1.29 is 9.53 Å². The Bertz CT molecular complexity index is 410. The number of carbonyl (C=O) groups is 1. The van der Waals surface area contributed by atoms with Crippen molar-refractivity contribution in [3.05, 3.63) is 23.8 Å². The van der Waals surface area contributed by atoms with Gasteiger partial charge < -0.3 is 10.5 Å². The number of esters is 1. The van der Waals surface area contributed by atoms with Gasteiger partial charge in [-0.05, 0) is 39.3 Å². The summed E-state index contributed by atoms with van der Waals surface area (Å²) in [4.78, 5) is 12.5. The number of nitrogens with two attached hydrogens (primary N) is 1. The summed E-state index contributed by atoms with van der Waals surface area (Å²) in [5, 5.41) is 0. The third kappa shape index (κ3) is 4.69. The molecule has 0 saturated carbocycles. The molecular weight excluding hydrogens is 234 g/mol. The van der Waals surface area contributed by atoms with Gasteiger partial charge in [0.05, 0.1) is 5.75 Å². The smallest absolute Gasteiger partial charge is 0.316 e. The molecule has 0 radical (unpaired) electrons. The lowest BCUT2D eigenvalue weighted by atomic mass is 10.2. The molecule has 0 amide bonds. The average molecular weight is 253 g/mol. The second kappa shape index (κ2) is 5.45. The van der Waals surface area contributed by atoms with Gasteiger partial charge in [0.25, 0.3) is 0 Å². The first-order valence-electron chi connectivity index (χ1n) is 5.49. The Morgan fingerprint density at radius 3 is 2.65 bits per heavy atom. The van der Waals surface area contributed by atoms with E-state index >= 15 is 0 Å². The van der Waals surface area contributed by atoms with Crippen molar-refractivity contribution >= 4 is 23.4 Å². The first-order chi connectivity index (χ1) is 7.79. The van der Waals surface area contributed by atoms with Crippen LogP contribution in [-0.4, -0.2) is 17.3 Å². The summed E-state index contributed by atoms with van der Waals surface area (Å²) in [6, 6.07) is 5.80. The quantitative estimate of drug-likeness (QED) is 0.511. The van der Waals surface area contributed by atoms with Crippen molar-refractivity contribution in [3.8, 4) is 0 Å². The molecule has 0 aliphatic carbocycles. The van der Waals surface area contributed by atoms with Crippen LogP contribution in [0.1, 0.15) is 26.3 Å². The van der Waals surface area contributed by atoms with E-state index < -0.39 is 5.60 Å². The first-order valence-corrected chi connectivity index (χ1v) is 6.48. The minimum atomic E-state index is -0.435. The van der Waals surface area contributed by atoms with E-state index in [4.69, 9.17) is 10.5 Å². The van der Waals surface area contributed by atoms with Crippen molar-refractivity contribution in [2.45, 2.75) is 38.2 Å². The molecule has 1 rings (SSSR count). The maximum absolute atomic E-state index is 11.5. The molecular formula is C13H19NO2S. The van der Waals surface area contributed by atoms with E-state index in [9.17, 15) is 4.79 Å². The Balaban J connectivity index is 2.56. The lowest BCUT2D eigenvalue weighted by molar-refractivity contribution is -0.151. The number of ether oxygens (including phenoxy) is 1. The summed E-state index contributed by atoms with van der Waals surface area (Å²) >= 11 is 1.41. The topological polar surface area (TPSA) is 52.3 Å². The van der Waals surface area contributed by atoms with Gasteiger partial charge in [0, 0.05) is 10.6 Å². The second-order valence-corrected chi connectivity index (χ2v) is 5.88. The molecule has 94 valence electrons. The van der Waals surface area contributed by atoms with Crippen LogP contribution in [0.15, 0.2) is 23.1 Å². The Morgan fingerprint density at radius 1 is 1.41 bits per heavy atom. The van der Waals surface area contributed by atoms with E-state index in [0.717, 1.165) is 16.1 Å². The number of rotatable bonds is 3. The summed E-state index contributed by atoms with van der Waals surface area (Å²) in [6.45, 7) is 7.52. The largest absolute Gasteiger partial charge is 0.459 e. The van der Waals surface area contributed by atoms with Gasteiger partial charge in [-0.2, -0.15) is 0 Å². The highest BCUT2D eigenvalue weighted by Gasteiger charge is 2.16. The van der Waals surface area contributed by atoms with Crippen molar-refractivity contribution in [3.63, 3.8) is 0 Å². The molecule has 0 spiro atoms. The van der Waals surface area contributed by atoms with Gasteiger partial charge in [-0.3, -0.25) is 4.79 Å². The van der Waals surface area contributed by atoms with Crippen LogP contribution in [0.3, 0.4) is 0 Å². The first kappa shape index (κ1) is 13.9. The molecule has 2 N–H and O–H groups in total. The van der Waals surface area contributed by atoms with E-state index in [1.165, 1.54) is 11.8 Å². The predicted molar refractivity (Wildman–Crippen MR) is 72.2 cm³/mol. The molecule has 0 saturated heterocycles. The zero-order valence-electron chi connectivity index (χ0n) is 10.7. The number of aryl methyl sites for hydroxylation is 1. The van der Waals surface area contributed by atoms with Crippen molar-refractivity contribution in [2.24, 2.45) is 0 Å². The van der Waals surface area contributed by atoms with Crippen molar-refractivity contribution in [1.29, 1.82) is 0 Å². The molecule has 17 heavy (non-hydrogen) atoms. The fourth-order valence-corrected chi connectivity index (χ4v) is 2.11. The van der Waals surface area contributed by atoms with Crippen molar-refractivity contribution in [2.75, 3.05) is 11.5 Å². The molecule has 4 heteroatoms. The van der Waals surface area contributed by atoms with Crippen LogP contribution in [0.4, 0.5) is 5.69 Å². The van der Waals surface area contributed by atoms with Crippen LogP contribution in [-0.2, 0) is 9.53 Å². The number of para-hydroxylation sites is 1. The SMILES string of the molecule is Cc1cccc(SCC(=O)OC(C)(C)C)c1N. The fourth-order valence-electron chi connectivity index (χ4n) is 1.29. The van der Waals surface area contributed by atoms with Crippen molar-refractivity contribution in [1.82, 2.24) is 0 Å². The van der Waals surface area contributed by atoms with Crippen LogP contribution >= 0.6 is 11.8 Å². The molecule has 0 unspecified atom stereocenters. The summed E-state index contributed by atoms with van der Waals surface area (Å²) in [5.41, 5.74) is 7.25. The molecule has 0 aliphatic heterocycles. The summed E-state index contributed by atoms with van der Waals surface area (Å²) in [6.07, 6.45) is 0. The highest BCUT2D eigenvalue weighted by atomic mass is 32.2. The maximum atomic E-state index is 11.5. The molecule has 0 aliphatic rings. The molecule has 1 aromatic carbocycles. The van der Waals surface area contributed by atoms with Crippen LogP contribution < -0.4 is 5.73 Å². The number of thioether (sulfide) groups is 1.